The first-order valence-electron chi connectivity index (χ1n) is 7.78. The topological polar surface area (TPSA) is 65.5 Å². The van der Waals surface area contributed by atoms with Gasteiger partial charge in [-0.05, 0) is 32.8 Å². The van der Waals surface area contributed by atoms with Gasteiger partial charge in [-0.3, -0.25) is 9.79 Å². The lowest BCUT2D eigenvalue weighted by Gasteiger charge is -2.21. The molecule has 0 radical (unpaired) electrons. The largest absolute Gasteiger partial charge is 0.359 e. The maximum absolute atomic E-state index is 11.8. The lowest BCUT2D eigenvalue weighted by molar-refractivity contribution is -0.128. The van der Waals surface area contributed by atoms with Crippen molar-refractivity contribution in [3.05, 3.63) is 35.9 Å². The first-order valence-corrected chi connectivity index (χ1v) is 7.78. The Kier molecular flexibility index (Phi) is 7.43. The number of benzene rings is 1. The molecule has 1 rings (SSSR count). The number of amides is 1. The summed E-state index contributed by atoms with van der Waals surface area (Å²) in [6.07, 6.45) is 0.935. The van der Waals surface area contributed by atoms with Gasteiger partial charge in [-0.1, -0.05) is 30.3 Å². The van der Waals surface area contributed by atoms with Gasteiger partial charge >= 0.3 is 0 Å². The van der Waals surface area contributed by atoms with Crippen molar-refractivity contribution in [2.24, 2.45) is 10.4 Å². The minimum atomic E-state index is -0.517. The summed E-state index contributed by atoms with van der Waals surface area (Å²) in [7, 11) is 1.65. The molecule has 1 aromatic rings. The molecule has 0 unspecified atom stereocenters. The summed E-state index contributed by atoms with van der Waals surface area (Å²) in [5.74, 6) is 0.742. The van der Waals surface area contributed by atoms with E-state index in [-0.39, 0.29) is 5.91 Å². The van der Waals surface area contributed by atoms with E-state index in [4.69, 9.17) is 0 Å². The van der Waals surface area contributed by atoms with Crippen LogP contribution >= 0.6 is 0 Å². The number of aliphatic imine (C=N–C) groups is 1. The van der Waals surface area contributed by atoms with Crippen molar-refractivity contribution in [2.45, 2.75) is 27.2 Å². The maximum atomic E-state index is 11.8. The van der Waals surface area contributed by atoms with Crippen LogP contribution in [0.5, 0.6) is 0 Å². The first-order chi connectivity index (χ1) is 10.5. The number of nitrogens with zero attached hydrogens (tertiary/aromatic N) is 1. The van der Waals surface area contributed by atoms with Crippen LogP contribution in [0.3, 0.4) is 0 Å². The second kappa shape index (κ2) is 9.07. The molecule has 0 saturated carbocycles. The molecule has 0 atom stereocenters. The third-order valence-corrected chi connectivity index (χ3v) is 3.37. The summed E-state index contributed by atoms with van der Waals surface area (Å²) in [6, 6.07) is 10.3. The summed E-state index contributed by atoms with van der Waals surface area (Å²) in [6.45, 7) is 7.84. The number of rotatable bonds is 7. The van der Waals surface area contributed by atoms with Crippen LogP contribution in [0.2, 0.25) is 0 Å². The average Bonchev–Trinajstić information content (AvgIpc) is 2.52. The van der Waals surface area contributed by atoms with Crippen LogP contribution in [0.4, 0.5) is 0 Å². The Bertz CT molecular complexity index is 483. The first kappa shape index (κ1) is 18.0. The van der Waals surface area contributed by atoms with Gasteiger partial charge in [0.15, 0.2) is 5.96 Å². The van der Waals surface area contributed by atoms with Crippen molar-refractivity contribution in [1.82, 2.24) is 16.0 Å². The molecule has 122 valence electrons. The van der Waals surface area contributed by atoms with Gasteiger partial charge in [0.2, 0.25) is 5.91 Å². The van der Waals surface area contributed by atoms with Gasteiger partial charge in [-0.25, -0.2) is 0 Å². The van der Waals surface area contributed by atoms with E-state index in [0.717, 1.165) is 25.5 Å². The third kappa shape index (κ3) is 6.16. The van der Waals surface area contributed by atoms with Crippen LogP contribution in [0, 0.1) is 5.41 Å². The molecule has 0 spiro atoms. The van der Waals surface area contributed by atoms with E-state index in [2.05, 4.69) is 33.1 Å². The number of carbonyl (C=O) groups excluding carboxylic acids is 1. The Labute approximate surface area is 133 Å². The SMILES string of the molecule is CCNC(=NCC(C)(C)C(=O)NC)NCCc1ccccc1. The molecule has 5 heteroatoms. The van der Waals surface area contributed by atoms with Crippen molar-refractivity contribution in [3.8, 4) is 0 Å². The van der Waals surface area contributed by atoms with Crippen molar-refractivity contribution >= 4 is 11.9 Å². The second-order valence-electron chi connectivity index (χ2n) is 5.82. The third-order valence-electron chi connectivity index (χ3n) is 3.37. The number of hydrogen-bond acceptors (Lipinski definition) is 2. The fraction of sp³-hybridized carbons (Fsp3) is 0.529. The maximum Gasteiger partial charge on any atom is 0.227 e. The van der Waals surface area contributed by atoms with Gasteiger partial charge in [0.25, 0.3) is 0 Å². The van der Waals surface area contributed by atoms with E-state index in [1.807, 2.05) is 39.0 Å². The molecule has 1 amide bonds. The van der Waals surface area contributed by atoms with E-state index < -0.39 is 5.41 Å². The molecule has 0 saturated heterocycles. The zero-order valence-corrected chi connectivity index (χ0v) is 14.1. The average molecular weight is 304 g/mol. The normalized spacial score (nSPS) is 11.9. The Morgan fingerprint density at radius 1 is 1.18 bits per heavy atom. The minimum absolute atomic E-state index is 0.00335. The number of carbonyl (C=O) groups is 1. The van der Waals surface area contributed by atoms with Crippen LogP contribution in [-0.4, -0.2) is 38.5 Å². The molecule has 0 bridgehead atoms. The molecule has 0 heterocycles. The van der Waals surface area contributed by atoms with Crippen LogP contribution in [0.1, 0.15) is 26.3 Å². The van der Waals surface area contributed by atoms with Gasteiger partial charge in [0.05, 0.1) is 12.0 Å². The Balaban J connectivity index is 2.53. The summed E-state index contributed by atoms with van der Waals surface area (Å²) in [4.78, 5) is 16.3. The molecule has 0 aliphatic carbocycles. The number of nitrogens with one attached hydrogen (secondary N) is 3. The Hall–Kier alpha value is -2.04. The molecule has 0 aliphatic rings. The van der Waals surface area contributed by atoms with Crippen LogP contribution in [0.15, 0.2) is 35.3 Å². The predicted molar refractivity (Wildman–Crippen MR) is 92.0 cm³/mol. The lowest BCUT2D eigenvalue weighted by atomic mass is 9.93. The van der Waals surface area contributed by atoms with Crippen LogP contribution in [-0.2, 0) is 11.2 Å². The Morgan fingerprint density at radius 2 is 1.86 bits per heavy atom. The van der Waals surface area contributed by atoms with Crippen LogP contribution < -0.4 is 16.0 Å². The van der Waals surface area contributed by atoms with Gasteiger partial charge < -0.3 is 16.0 Å². The predicted octanol–water partition coefficient (Wildman–Crippen LogP) is 1.56. The van der Waals surface area contributed by atoms with Gasteiger partial charge in [-0.15, -0.1) is 0 Å². The fourth-order valence-electron chi connectivity index (χ4n) is 2.00. The summed E-state index contributed by atoms with van der Waals surface area (Å²) in [5, 5.41) is 9.19. The standard InChI is InChI=1S/C17H28N4O/c1-5-19-16(21-13-17(2,3)15(22)18-4)20-12-11-14-9-7-6-8-10-14/h6-10H,5,11-13H2,1-4H3,(H,18,22)(H2,19,20,21). The van der Waals surface area contributed by atoms with E-state index in [9.17, 15) is 4.79 Å². The molecular weight excluding hydrogens is 276 g/mol. The molecule has 0 aromatic heterocycles. The summed E-state index contributed by atoms with van der Waals surface area (Å²) in [5.41, 5.74) is 0.771. The molecule has 0 fully saturated rings. The Morgan fingerprint density at radius 3 is 2.45 bits per heavy atom. The van der Waals surface area contributed by atoms with Gasteiger partial charge in [-0.2, -0.15) is 0 Å². The fourth-order valence-corrected chi connectivity index (χ4v) is 2.00. The molecule has 0 aliphatic heterocycles. The van der Waals surface area contributed by atoms with Crippen molar-refractivity contribution in [1.29, 1.82) is 0 Å². The highest BCUT2D eigenvalue weighted by Crippen LogP contribution is 2.15. The van der Waals surface area contributed by atoms with Crippen molar-refractivity contribution < 1.29 is 4.79 Å². The molecule has 1 aromatic carbocycles. The quantitative estimate of drug-likeness (QED) is 0.529. The molecular formula is C17H28N4O. The highest BCUT2D eigenvalue weighted by atomic mass is 16.2. The zero-order valence-electron chi connectivity index (χ0n) is 14.1. The van der Waals surface area contributed by atoms with E-state index in [1.54, 1.807) is 7.05 Å². The van der Waals surface area contributed by atoms with Crippen molar-refractivity contribution in [3.63, 3.8) is 0 Å². The summed E-state index contributed by atoms with van der Waals surface area (Å²) >= 11 is 0. The monoisotopic (exact) mass is 304 g/mol. The van der Waals surface area contributed by atoms with Crippen LogP contribution in [0.25, 0.3) is 0 Å². The molecule has 5 nitrogen and oxygen atoms in total. The zero-order chi connectivity index (χ0) is 16.4. The molecule has 3 N–H and O–H groups in total. The second-order valence-corrected chi connectivity index (χ2v) is 5.82. The van der Waals surface area contributed by atoms with E-state index in [0.29, 0.717) is 6.54 Å². The lowest BCUT2D eigenvalue weighted by Crippen LogP contribution is -2.41. The number of guanidine groups is 1. The van der Waals surface area contributed by atoms with Gasteiger partial charge in [0.1, 0.15) is 0 Å². The highest BCUT2D eigenvalue weighted by molar-refractivity contribution is 5.83. The van der Waals surface area contributed by atoms with E-state index in [1.165, 1.54) is 5.56 Å². The smallest absolute Gasteiger partial charge is 0.227 e. The van der Waals surface area contributed by atoms with Crippen molar-refractivity contribution in [2.75, 3.05) is 26.7 Å². The molecule has 22 heavy (non-hydrogen) atoms. The van der Waals surface area contributed by atoms with E-state index >= 15 is 0 Å². The summed E-state index contributed by atoms with van der Waals surface area (Å²) < 4.78 is 0. The number of hydrogen-bond donors (Lipinski definition) is 3. The minimum Gasteiger partial charge on any atom is -0.359 e. The highest BCUT2D eigenvalue weighted by Gasteiger charge is 2.26. The van der Waals surface area contributed by atoms with Gasteiger partial charge in [0, 0.05) is 20.1 Å².